The maximum Gasteiger partial charge on any atom is 0.341 e. The topological polar surface area (TPSA) is 129 Å². The number of esters is 1. The molecule has 0 aliphatic heterocycles. The van der Waals surface area contributed by atoms with Crippen molar-refractivity contribution in [1.82, 2.24) is 14.6 Å². The van der Waals surface area contributed by atoms with Crippen molar-refractivity contribution in [1.29, 1.82) is 0 Å². The number of nitrogens with zero attached hydrogens (tertiary/aromatic N) is 3. The number of halogens is 4. The third-order valence-electron chi connectivity index (χ3n) is 4.30. The van der Waals surface area contributed by atoms with E-state index in [2.05, 4.69) is 15.4 Å². The summed E-state index contributed by atoms with van der Waals surface area (Å²) < 4.78 is 58.4. The number of hydrogen-bond acceptors (Lipinski definition) is 7. The minimum absolute atomic E-state index is 0.000707. The minimum atomic E-state index is -3.17. The lowest BCUT2D eigenvalue weighted by molar-refractivity contribution is 0.0379. The fraction of sp³-hybridized carbons (Fsp3) is 0.316. The number of anilines is 1. The van der Waals surface area contributed by atoms with Gasteiger partial charge in [-0.3, -0.25) is 9.59 Å². The maximum absolute atomic E-state index is 13.3. The summed E-state index contributed by atoms with van der Waals surface area (Å²) in [6, 6.07) is 1.44. The van der Waals surface area contributed by atoms with Crippen LogP contribution in [0.15, 0.2) is 12.1 Å². The van der Waals surface area contributed by atoms with Gasteiger partial charge in [0.2, 0.25) is 0 Å². The van der Waals surface area contributed by atoms with Crippen LogP contribution in [-0.2, 0) is 4.74 Å². The highest BCUT2D eigenvalue weighted by Gasteiger charge is 2.28. The predicted molar refractivity (Wildman–Crippen MR) is 109 cm³/mol. The normalized spacial score (nSPS) is 11.6. The molecule has 0 aliphatic rings. The van der Waals surface area contributed by atoms with Gasteiger partial charge in [-0.15, -0.1) is 11.3 Å². The van der Waals surface area contributed by atoms with Gasteiger partial charge in [-0.25, -0.2) is 31.9 Å². The second-order valence-corrected chi connectivity index (χ2v) is 8.06. The SMILES string of the molecule is Cc1c(C(N)=O)sc(NC(=O)c2cc3nc(C(F)F)cc(C(F)F)n3n2)c1C(=O)OC(C)C. The molecule has 0 radical (unpaired) electrons. The molecule has 3 heterocycles. The van der Waals surface area contributed by atoms with Gasteiger partial charge >= 0.3 is 5.97 Å². The first kappa shape index (κ1) is 24.1. The second kappa shape index (κ2) is 9.13. The van der Waals surface area contributed by atoms with Crippen LogP contribution in [0, 0.1) is 6.92 Å². The first-order valence-electron chi connectivity index (χ1n) is 9.33. The van der Waals surface area contributed by atoms with E-state index in [9.17, 15) is 31.9 Å². The number of nitrogens with one attached hydrogen (secondary N) is 1. The molecule has 176 valence electrons. The van der Waals surface area contributed by atoms with Crippen LogP contribution in [0.2, 0.25) is 0 Å². The van der Waals surface area contributed by atoms with E-state index < -0.39 is 59.5 Å². The van der Waals surface area contributed by atoms with Crippen molar-refractivity contribution in [2.24, 2.45) is 5.73 Å². The molecule has 0 aromatic carbocycles. The van der Waals surface area contributed by atoms with Crippen molar-refractivity contribution in [3.63, 3.8) is 0 Å². The molecule has 0 atom stereocenters. The van der Waals surface area contributed by atoms with Crippen LogP contribution in [0.4, 0.5) is 22.6 Å². The Bertz CT molecular complexity index is 1250. The Morgan fingerprint density at radius 3 is 2.36 bits per heavy atom. The molecular weight excluding hydrogens is 470 g/mol. The molecule has 9 nitrogen and oxygen atoms in total. The molecule has 0 bridgehead atoms. The molecule has 3 aromatic heterocycles. The summed E-state index contributed by atoms with van der Waals surface area (Å²) in [5, 5.41) is 6.03. The quantitative estimate of drug-likeness (QED) is 0.384. The Morgan fingerprint density at radius 2 is 1.82 bits per heavy atom. The van der Waals surface area contributed by atoms with Gasteiger partial charge in [0.15, 0.2) is 11.3 Å². The summed E-state index contributed by atoms with van der Waals surface area (Å²) in [6.07, 6.45) is -6.78. The summed E-state index contributed by atoms with van der Waals surface area (Å²) >= 11 is 0.717. The lowest BCUT2D eigenvalue weighted by Crippen LogP contribution is -2.17. The Balaban J connectivity index is 2.03. The number of aromatic nitrogens is 3. The van der Waals surface area contributed by atoms with E-state index in [0.29, 0.717) is 10.6 Å². The number of fused-ring (bicyclic) bond motifs is 1. The molecule has 2 amide bonds. The first-order chi connectivity index (χ1) is 15.4. The van der Waals surface area contributed by atoms with Crippen molar-refractivity contribution in [3.8, 4) is 0 Å². The highest BCUT2D eigenvalue weighted by atomic mass is 32.1. The van der Waals surface area contributed by atoms with Crippen LogP contribution >= 0.6 is 11.3 Å². The van der Waals surface area contributed by atoms with Crippen LogP contribution in [0.5, 0.6) is 0 Å². The van der Waals surface area contributed by atoms with E-state index in [0.717, 1.165) is 17.4 Å². The smallest absolute Gasteiger partial charge is 0.341 e. The van der Waals surface area contributed by atoms with Crippen molar-refractivity contribution in [2.45, 2.75) is 39.7 Å². The van der Waals surface area contributed by atoms with Crippen molar-refractivity contribution in [3.05, 3.63) is 45.2 Å². The Hall–Kier alpha value is -3.55. The number of amides is 2. The van der Waals surface area contributed by atoms with E-state index in [4.69, 9.17) is 10.5 Å². The van der Waals surface area contributed by atoms with Crippen molar-refractivity contribution >= 4 is 39.8 Å². The standard InChI is InChI=1S/C19H17F4N5O4S/c1-6(2)32-19(31)12-7(3)13(16(24)29)33-18(12)26-17(30)9-5-11-25-8(14(20)21)4-10(15(22)23)28(11)27-9/h4-6,14-15H,1-3H3,(H2,24,29)(H,26,30). The van der Waals surface area contributed by atoms with Gasteiger partial charge in [0, 0.05) is 6.07 Å². The van der Waals surface area contributed by atoms with E-state index in [1.54, 1.807) is 13.8 Å². The lowest BCUT2D eigenvalue weighted by Gasteiger charge is -2.10. The largest absolute Gasteiger partial charge is 0.459 e. The zero-order valence-corrected chi connectivity index (χ0v) is 18.2. The fourth-order valence-corrected chi connectivity index (χ4v) is 3.96. The summed E-state index contributed by atoms with van der Waals surface area (Å²) in [4.78, 5) is 40.5. The fourth-order valence-electron chi connectivity index (χ4n) is 2.92. The number of rotatable bonds is 7. The first-order valence-corrected chi connectivity index (χ1v) is 10.1. The zero-order chi connectivity index (χ0) is 24.6. The Kier molecular flexibility index (Phi) is 6.67. The van der Waals surface area contributed by atoms with E-state index >= 15 is 0 Å². The van der Waals surface area contributed by atoms with Gasteiger partial charge in [0.1, 0.15) is 16.4 Å². The van der Waals surface area contributed by atoms with Gasteiger partial charge in [0.25, 0.3) is 24.7 Å². The minimum Gasteiger partial charge on any atom is -0.459 e. The maximum atomic E-state index is 13.3. The number of nitrogens with two attached hydrogens (primary N) is 1. The molecule has 0 saturated carbocycles. The molecule has 3 rings (SSSR count). The van der Waals surface area contributed by atoms with E-state index in [-0.39, 0.29) is 21.0 Å². The molecule has 14 heteroatoms. The molecule has 0 saturated heterocycles. The third kappa shape index (κ3) is 4.79. The number of primary amides is 1. The van der Waals surface area contributed by atoms with Gasteiger partial charge in [-0.1, -0.05) is 0 Å². The third-order valence-corrected chi connectivity index (χ3v) is 5.52. The van der Waals surface area contributed by atoms with Crippen molar-refractivity contribution < 1.29 is 36.7 Å². The number of thiophene rings is 1. The molecule has 3 aromatic rings. The molecule has 0 aliphatic carbocycles. The molecule has 33 heavy (non-hydrogen) atoms. The van der Waals surface area contributed by atoms with Gasteiger partial charge in [-0.2, -0.15) is 5.10 Å². The van der Waals surface area contributed by atoms with Gasteiger partial charge in [0.05, 0.1) is 16.5 Å². The number of carbonyl (C=O) groups excluding carboxylic acids is 3. The molecular formula is C19H17F4N5O4S. The van der Waals surface area contributed by atoms with Crippen molar-refractivity contribution in [2.75, 3.05) is 5.32 Å². The van der Waals surface area contributed by atoms with Crippen LogP contribution in [0.1, 0.15) is 74.2 Å². The second-order valence-electron chi connectivity index (χ2n) is 7.04. The van der Waals surface area contributed by atoms with E-state index in [1.807, 2.05) is 0 Å². The van der Waals surface area contributed by atoms with Crippen LogP contribution < -0.4 is 11.1 Å². The molecule has 0 unspecified atom stereocenters. The predicted octanol–water partition coefficient (Wildman–Crippen LogP) is 3.89. The summed E-state index contributed by atoms with van der Waals surface area (Å²) in [5.41, 5.74) is 2.80. The average Bonchev–Trinajstić information content (AvgIpc) is 3.27. The van der Waals surface area contributed by atoms with Crippen LogP contribution in [0.25, 0.3) is 5.65 Å². The Morgan fingerprint density at radius 1 is 1.15 bits per heavy atom. The number of carbonyl (C=O) groups is 3. The Labute approximate surface area is 187 Å². The molecule has 0 fully saturated rings. The molecule has 0 spiro atoms. The lowest BCUT2D eigenvalue weighted by atomic mass is 10.1. The number of ether oxygens (including phenoxy) is 1. The summed E-state index contributed by atoms with van der Waals surface area (Å²) in [6.45, 7) is 4.65. The van der Waals surface area contributed by atoms with Gasteiger partial charge in [-0.05, 0) is 32.4 Å². The van der Waals surface area contributed by atoms with E-state index in [1.165, 1.54) is 6.92 Å². The zero-order valence-electron chi connectivity index (χ0n) is 17.4. The highest BCUT2D eigenvalue weighted by molar-refractivity contribution is 7.18. The number of hydrogen-bond donors (Lipinski definition) is 2. The number of alkyl halides is 4. The van der Waals surface area contributed by atoms with Crippen LogP contribution in [-0.4, -0.2) is 38.5 Å². The highest BCUT2D eigenvalue weighted by Crippen LogP contribution is 2.34. The average molecular weight is 487 g/mol. The molecule has 3 N–H and O–H groups in total. The van der Waals surface area contributed by atoms with Crippen LogP contribution in [0.3, 0.4) is 0 Å². The summed E-state index contributed by atoms with van der Waals surface area (Å²) in [7, 11) is 0. The monoisotopic (exact) mass is 487 g/mol. The van der Waals surface area contributed by atoms with Gasteiger partial charge < -0.3 is 15.8 Å². The summed E-state index contributed by atoms with van der Waals surface area (Å²) in [5.74, 6) is -2.62.